The van der Waals surface area contributed by atoms with Gasteiger partial charge < -0.3 is 4.57 Å². The molecule has 1 aliphatic rings. The number of imidazole rings is 1. The summed E-state index contributed by atoms with van der Waals surface area (Å²) in [6.45, 7) is 2.89. The van der Waals surface area contributed by atoms with Gasteiger partial charge in [-0.1, -0.05) is 6.08 Å². The highest BCUT2D eigenvalue weighted by Crippen LogP contribution is 2.20. The van der Waals surface area contributed by atoms with Crippen molar-refractivity contribution in [3.05, 3.63) is 29.9 Å². The van der Waals surface area contributed by atoms with E-state index in [1.165, 1.54) is 0 Å². The molecule has 0 aromatic carbocycles. The van der Waals surface area contributed by atoms with Crippen molar-refractivity contribution >= 4 is 5.78 Å². The molecule has 0 spiro atoms. The van der Waals surface area contributed by atoms with E-state index in [9.17, 15) is 4.79 Å². The standard InChI is InChI=1S/C11H14N2O/c1-2-13-7-10(12-8-13)11(14)9-5-3-4-6-9/h5,7-8H,2-4,6H2,1H3. The number of carbonyl (C=O) groups excluding carboxylic acids is 1. The SMILES string of the molecule is CCn1cnc(C(=O)C2=CCCC2)c1. The second-order valence-electron chi connectivity index (χ2n) is 3.54. The van der Waals surface area contributed by atoms with Crippen LogP contribution in [0.15, 0.2) is 24.2 Å². The van der Waals surface area contributed by atoms with Crippen LogP contribution < -0.4 is 0 Å². The molecule has 1 aliphatic carbocycles. The van der Waals surface area contributed by atoms with Gasteiger partial charge in [0.05, 0.1) is 6.33 Å². The third-order valence-corrected chi connectivity index (χ3v) is 2.56. The lowest BCUT2D eigenvalue weighted by Gasteiger charge is -1.96. The van der Waals surface area contributed by atoms with Crippen molar-refractivity contribution in [2.75, 3.05) is 0 Å². The molecule has 0 amide bonds. The molecule has 3 nitrogen and oxygen atoms in total. The van der Waals surface area contributed by atoms with Crippen molar-refractivity contribution in [3.63, 3.8) is 0 Å². The molecule has 1 heterocycles. The Morgan fingerprint density at radius 1 is 1.64 bits per heavy atom. The molecule has 3 heteroatoms. The van der Waals surface area contributed by atoms with E-state index in [-0.39, 0.29) is 5.78 Å². The largest absolute Gasteiger partial charge is 0.337 e. The van der Waals surface area contributed by atoms with E-state index >= 15 is 0 Å². The van der Waals surface area contributed by atoms with Crippen LogP contribution in [0.5, 0.6) is 0 Å². The number of hydrogen-bond donors (Lipinski definition) is 0. The molecule has 0 atom stereocenters. The van der Waals surface area contributed by atoms with Crippen LogP contribution in [-0.4, -0.2) is 15.3 Å². The molecule has 0 N–H and O–H groups in total. The van der Waals surface area contributed by atoms with Gasteiger partial charge in [-0.05, 0) is 31.8 Å². The quantitative estimate of drug-likeness (QED) is 0.685. The molecular weight excluding hydrogens is 176 g/mol. The van der Waals surface area contributed by atoms with Crippen LogP contribution in [0.3, 0.4) is 0 Å². The maximum Gasteiger partial charge on any atom is 0.208 e. The molecule has 0 bridgehead atoms. The van der Waals surface area contributed by atoms with Gasteiger partial charge in [0, 0.05) is 12.7 Å². The molecule has 0 aliphatic heterocycles. The van der Waals surface area contributed by atoms with Gasteiger partial charge >= 0.3 is 0 Å². The number of Topliss-reactive ketones (excluding diaryl/α,β-unsaturated/α-hetero) is 1. The number of nitrogens with zero attached hydrogens (tertiary/aromatic N) is 2. The zero-order valence-electron chi connectivity index (χ0n) is 8.36. The molecule has 1 aromatic heterocycles. The number of aryl methyl sites for hydroxylation is 1. The Morgan fingerprint density at radius 2 is 2.50 bits per heavy atom. The minimum absolute atomic E-state index is 0.106. The lowest BCUT2D eigenvalue weighted by molar-refractivity contribution is 0.102. The zero-order valence-corrected chi connectivity index (χ0v) is 8.36. The third-order valence-electron chi connectivity index (χ3n) is 2.56. The summed E-state index contributed by atoms with van der Waals surface area (Å²) >= 11 is 0. The Kier molecular flexibility index (Phi) is 2.48. The number of aromatic nitrogens is 2. The molecule has 0 saturated heterocycles. The summed E-state index contributed by atoms with van der Waals surface area (Å²) in [6, 6.07) is 0. The van der Waals surface area contributed by atoms with Crippen LogP contribution >= 0.6 is 0 Å². The summed E-state index contributed by atoms with van der Waals surface area (Å²) in [5.74, 6) is 0.106. The Morgan fingerprint density at radius 3 is 3.07 bits per heavy atom. The lowest BCUT2D eigenvalue weighted by atomic mass is 10.1. The van der Waals surface area contributed by atoms with E-state index in [1.807, 2.05) is 23.8 Å². The highest BCUT2D eigenvalue weighted by molar-refractivity contribution is 6.07. The van der Waals surface area contributed by atoms with Crippen molar-refractivity contribution in [2.45, 2.75) is 32.7 Å². The van der Waals surface area contributed by atoms with Crippen molar-refractivity contribution in [2.24, 2.45) is 0 Å². The van der Waals surface area contributed by atoms with Gasteiger partial charge in [0.25, 0.3) is 0 Å². The molecule has 1 aromatic rings. The predicted octanol–water partition coefficient (Wildman–Crippen LogP) is 2.20. The Bertz CT molecular complexity index is 376. The lowest BCUT2D eigenvalue weighted by Crippen LogP contribution is -2.01. The third kappa shape index (κ3) is 1.62. The second-order valence-corrected chi connectivity index (χ2v) is 3.54. The fourth-order valence-electron chi connectivity index (χ4n) is 1.69. The van der Waals surface area contributed by atoms with Gasteiger partial charge in [-0.25, -0.2) is 4.98 Å². The number of hydrogen-bond acceptors (Lipinski definition) is 2. The molecular formula is C11H14N2O. The van der Waals surface area contributed by atoms with Crippen LogP contribution in [0.2, 0.25) is 0 Å². The fourth-order valence-corrected chi connectivity index (χ4v) is 1.69. The van der Waals surface area contributed by atoms with Gasteiger partial charge in [0.1, 0.15) is 5.69 Å². The monoisotopic (exact) mass is 190 g/mol. The maximum atomic E-state index is 11.8. The van der Waals surface area contributed by atoms with Crippen molar-refractivity contribution < 1.29 is 4.79 Å². The van der Waals surface area contributed by atoms with Crippen LogP contribution in [0, 0.1) is 0 Å². The van der Waals surface area contributed by atoms with Gasteiger partial charge in [-0.3, -0.25) is 4.79 Å². The Labute approximate surface area is 83.5 Å². The first-order valence-electron chi connectivity index (χ1n) is 5.06. The number of rotatable bonds is 3. The van der Waals surface area contributed by atoms with E-state index < -0.39 is 0 Å². The van der Waals surface area contributed by atoms with E-state index in [4.69, 9.17) is 0 Å². The van der Waals surface area contributed by atoms with Gasteiger partial charge in [-0.15, -0.1) is 0 Å². The second kappa shape index (κ2) is 3.78. The molecule has 0 saturated carbocycles. The first kappa shape index (κ1) is 9.19. The summed E-state index contributed by atoms with van der Waals surface area (Å²) in [5.41, 5.74) is 1.52. The molecule has 0 radical (unpaired) electrons. The average Bonchev–Trinajstić information content (AvgIpc) is 2.88. The molecule has 0 unspecified atom stereocenters. The predicted molar refractivity (Wildman–Crippen MR) is 54.2 cm³/mol. The normalized spacial score (nSPS) is 15.6. The van der Waals surface area contributed by atoms with Crippen molar-refractivity contribution in [1.82, 2.24) is 9.55 Å². The minimum atomic E-state index is 0.106. The smallest absolute Gasteiger partial charge is 0.208 e. The summed E-state index contributed by atoms with van der Waals surface area (Å²) in [6.07, 6.45) is 8.63. The first-order valence-corrected chi connectivity index (χ1v) is 5.06. The molecule has 2 rings (SSSR count). The van der Waals surface area contributed by atoms with E-state index in [2.05, 4.69) is 4.98 Å². The molecule has 14 heavy (non-hydrogen) atoms. The van der Waals surface area contributed by atoms with E-state index in [0.717, 1.165) is 31.4 Å². The maximum absolute atomic E-state index is 11.8. The summed E-state index contributed by atoms with van der Waals surface area (Å²) in [5, 5.41) is 0. The summed E-state index contributed by atoms with van der Waals surface area (Å²) < 4.78 is 1.92. The van der Waals surface area contributed by atoms with Crippen LogP contribution in [0.4, 0.5) is 0 Å². The number of carbonyl (C=O) groups is 1. The van der Waals surface area contributed by atoms with Crippen molar-refractivity contribution in [1.29, 1.82) is 0 Å². The topological polar surface area (TPSA) is 34.9 Å². The van der Waals surface area contributed by atoms with Crippen LogP contribution in [-0.2, 0) is 6.54 Å². The van der Waals surface area contributed by atoms with E-state index in [1.54, 1.807) is 6.33 Å². The van der Waals surface area contributed by atoms with Gasteiger partial charge in [-0.2, -0.15) is 0 Å². The summed E-state index contributed by atoms with van der Waals surface area (Å²) in [4.78, 5) is 15.9. The minimum Gasteiger partial charge on any atom is -0.337 e. The highest BCUT2D eigenvalue weighted by atomic mass is 16.1. The fraction of sp³-hybridized carbons (Fsp3) is 0.455. The first-order chi connectivity index (χ1) is 6.81. The average molecular weight is 190 g/mol. The Balaban J connectivity index is 2.18. The van der Waals surface area contributed by atoms with Crippen LogP contribution in [0.25, 0.3) is 0 Å². The molecule has 74 valence electrons. The summed E-state index contributed by atoms with van der Waals surface area (Å²) in [7, 11) is 0. The van der Waals surface area contributed by atoms with Crippen molar-refractivity contribution in [3.8, 4) is 0 Å². The number of ketones is 1. The number of allylic oxidation sites excluding steroid dienone is 2. The van der Waals surface area contributed by atoms with Gasteiger partial charge in [0.2, 0.25) is 5.78 Å². The Hall–Kier alpha value is -1.38. The van der Waals surface area contributed by atoms with Gasteiger partial charge in [0.15, 0.2) is 0 Å². The zero-order chi connectivity index (χ0) is 9.97. The van der Waals surface area contributed by atoms with Crippen LogP contribution in [0.1, 0.15) is 36.7 Å². The highest BCUT2D eigenvalue weighted by Gasteiger charge is 2.17. The molecule has 0 fully saturated rings. The van der Waals surface area contributed by atoms with E-state index in [0.29, 0.717) is 5.69 Å².